The minimum atomic E-state index is 0.337. The van der Waals surface area contributed by atoms with Gasteiger partial charge in [-0.15, -0.1) is 0 Å². The van der Waals surface area contributed by atoms with Gasteiger partial charge in [0.2, 0.25) is 0 Å². The average Bonchev–Trinajstić information content (AvgIpc) is 2.53. The standard InChI is InChI=1S/C16H13BrClNO3/c1-20-15-9-11(10-19)8-14(17)16(15)22-7-6-21-13-4-2-12(18)3-5-13/h2-5,8-9H,6-7H2,1H3. The third-order valence-corrected chi connectivity index (χ3v) is 3.61. The molecule has 0 aliphatic heterocycles. The van der Waals surface area contributed by atoms with E-state index in [1.807, 2.05) is 0 Å². The van der Waals surface area contributed by atoms with Crippen LogP contribution in [0.3, 0.4) is 0 Å². The maximum absolute atomic E-state index is 8.94. The van der Waals surface area contributed by atoms with Crippen molar-refractivity contribution in [3.05, 3.63) is 51.5 Å². The number of methoxy groups -OCH3 is 1. The molecule has 0 fully saturated rings. The first kappa shape index (κ1) is 16.5. The zero-order valence-electron chi connectivity index (χ0n) is 11.8. The fourth-order valence-corrected chi connectivity index (χ4v) is 2.44. The van der Waals surface area contributed by atoms with Crippen LogP contribution in [-0.4, -0.2) is 20.3 Å². The Morgan fingerprint density at radius 2 is 1.82 bits per heavy atom. The van der Waals surface area contributed by atoms with Crippen molar-refractivity contribution in [1.29, 1.82) is 5.26 Å². The van der Waals surface area contributed by atoms with Gasteiger partial charge in [-0.2, -0.15) is 5.26 Å². The summed E-state index contributed by atoms with van der Waals surface area (Å²) in [6.45, 7) is 0.709. The fraction of sp³-hybridized carbons (Fsp3) is 0.188. The van der Waals surface area contributed by atoms with Crippen molar-refractivity contribution in [2.75, 3.05) is 20.3 Å². The molecule has 0 aliphatic carbocycles. The largest absolute Gasteiger partial charge is 0.493 e. The lowest BCUT2D eigenvalue weighted by Crippen LogP contribution is -2.10. The Hall–Kier alpha value is -1.90. The molecule has 0 radical (unpaired) electrons. The van der Waals surface area contributed by atoms with Crippen LogP contribution in [0.2, 0.25) is 5.02 Å². The number of hydrogen-bond donors (Lipinski definition) is 0. The Morgan fingerprint density at radius 1 is 1.14 bits per heavy atom. The summed E-state index contributed by atoms with van der Waals surface area (Å²) in [7, 11) is 1.53. The highest BCUT2D eigenvalue weighted by atomic mass is 79.9. The number of nitrogens with zero attached hydrogens (tertiary/aromatic N) is 1. The number of hydrogen-bond acceptors (Lipinski definition) is 4. The van der Waals surface area contributed by atoms with Crippen LogP contribution in [0.1, 0.15) is 5.56 Å². The van der Waals surface area contributed by atoms with E-state index in [9.17, 15) is 0 Å². The van der Waals surface area contributed by atoms with E-state index in [4.69, 9.17) is 31.1 Å². The number of nitriles is 1. The summed E-state index contributed by atoms with van der Waals surface area (Å²) in [6.07, 6.45) is 0. The van der Waals surface area contributed by atoms with E-state index in [0.29, 0.717) is 39.8 Å². The van der Waals surface area contributed by atoms with E-state index in [1.54, 1.807) is 36.4 Å². The van der Waals surface area contributed by atoms with E-state index in [1.165, 1.54) is 7.11 Å². The van der Waals surface area contributed by atoms with Crippen LogP contribution in [-0.2, 0) is 0 Å². The summed E-state index contributed by atoms with van der Waals surface area (Å²) < 4.78 is 17.1. The molecule has 0 atom stereocenters. The number of ether oxygens (including phenoxy) is 3. The van der Waals surface area contributed by atoms with E-state index >= 15 is 0 Å². The minimum absolute atomic E-state index is 0.337. The molecule has 0 amide bonds. The van der Waals surface area contributed by atoms with Crippen LogP contribution >= 0.6 is 27.5 Å². The summed E-state index contributed by atoms with van der Waals surface area (Å²) in [5.41, 5.74) is 0.494. The van der Waals surface area contributed by atoms with Crippen LogP contribution < -0.4 is 14.2 Å². The summed E-state index contributed by atoms with van der Waals surface area (Å²) in [5.74, 6) is 1.76. The molecule has 2 aromatic carbocycles. The van der Waals surface area contributed by atoms with Crippen molar-refractivity contribution < 1.29 is 14.2 Å². The Morgan fingerprint density at radius 3 is 2.45 bits per heavy atom. The van der Waals surface area contributed by atoms with Gasteiger partial charge in [0.1, 0.15) is 19.0 Å². The van der Waals surface area contributed by atoms with Crippen molar-refractivity contribution in [1.82, 2.24) is 0 Å². The fourth-order valence-electron chi connectivity index (χ4n) is 1.76. The molecular weight excluding hydrogens is 370 g/mol. The Kier molecular flexibility index (Phi) is 5.93. The van der Waals surface area contributed by atoms with Crippen molar-refractivity contribution in [2.24, 2.45) is 0 Å². The van der Waals surface area contributed by atoms with Gasteiger partial charge in [0.25, 0.3) is 0 Å². The third-order valence-electron chi connectivity index (χ3n) is 2.77. The smallest absolute Gasteiger partial charge is 0.175 e. The third kappa shape index (κ3) is 4.30. The molecule has 4 nitrogen and oxygen atoms in total. The molecule has 2 aromatic rings. The topological polar surface area (TPSA) is 51.5 Å². The van der Waals surface area contributed by atoms with Gasteiger partial charge in [-0.3, -0.25) is 0 Å². The van der Waals surface area contributed by atoms with Gasteiger partial charge in [0.15, 0.2) is 11.5 Å². The lowest BCUT2D eigenvalue weighted by Gasteiger charge is -2.13. The van der Waals surface area contributed by atoms with Crippen LogP contribution in [0.25, 0.3) is 0 Å². The summed E-state index contributed by atoms with van der Waals surface area (Å²) in [4.78, 5) is 0. The van der Waals surface area contributed by atoms with Gasteiger partial charge < -0.3 is 14.2 Å². The maximum atomic E-state index is 8.94. The highest BCUT2D eigenvalue weighted by molar-refractivity contribution is 9.10. The molecule has 2 rings (SSSR count). The van der Waals surface area contributed by atoms with Crippen molar-refractivity contribution >= 4 is 27.5 Å². The molecule has 22 heavy (non-hydrogen) atoms. The molecule has 6 heteroatoms. The van der Waals surface area contributed by atoms with Gasteiger partial charge in [-0.1, -0.05) is 11.6 Å². The molecule has 0 saturated heterocycles. The second-order valence-corrected chi connectivity index (χ2v) is 5.54. The van der Waals surface area contributed by atoms with Crippen LogP contribution in [0.15, 0.2) is 40.9 Å². The number of halogens is 2. The Balaban J connectivity index is 1.94. The van der Waals surface area contributed by atoms with Gasteiger partial charge in [-0.25, -0.2) is 0 Å². The lowest BCUT2D eigenvalue weighted by molar-refractivity contribution is 0.210. The van der Waals surface area contributed by atoms with Crippen molar-refractivity contribution in [3.63, 3.8) is 0 Å². The van der Waals surface area contributed by atoms with Gasteiger partial charge in [0.05, 0.1) is 23.2 Å². The van der Waals surface area contributed by atoms with E-state index in [0.717, 1.165) is 5.75 Å². The highest BCUT2D eigenvalue weighted by Gasteiger charge is 2.11. The van der Waals surface area contributed by atoms with E-state index < -0.39 is 0 Å². The SMILES string of the molecule is COc1cc(C#N)cc(Br)c1OCCOc1ccc(Cl)cc1. The first-order chi connectivity index (χ1) is 10.6. The molecule has 0 aromatic heterocycles. The van der Waals surface area contributed by atoms with Gasteiger partial charge in [0, 0.05) is 11.1 Å². The minimum Gasteiger partial charge on any atom is -0.493 e. The normalized spacial score (nSPS) is 9.91. The molecule has 0 saturated carbocycles. The van der Waals surface area contributed by atoms with Crippen LogP contribution in [0.4, 0.5) is 0 Å². The zero-order chi connectivity index (χ0) is 15.9. The average molecular weight is 383 g/mol. The number of rotatable bonds is 6. The van der Waals surface area contributed by atoms with Crippen LogP contribution in [0.5, 0.6) is 17.2 Å². The summed E-state index contributed by atoms with van der Waals surface area (Å²) in [6, 6.07) is 12.5. The molecule has 0 heterocycles. The second kappa shape index (κ2) is 7.92. The molecule has 0 N–H and O–H groups in total. The van der Waals surface area contributed by atoms with Gasteiger partial charge in [-0.05, 0) is 46.3 Å². The Bertz CT molecular complexity index is 683. The van der Waals surface area contributed by atoms with Crippen molar-refractivity contribution in [2.45, 2.75) is 0 Å². The second-order valence-electron chi connectivity index (χ2n) is 4.25. The highest BCUT2D eigenvalue weighted by Crippen LogP contribution is 2.36. The van der Waals surface area contributed by atoms with Gasteiger partial charge >= 0.3 is 0 Å². The zero-order valence-corrected chi connectivity index (χ0v) is 14.1. The molecule has 0 bridgehead atoms. The predicted molar refractivity (Wildman–Crippen MR) is 87.9 cm³/mol. The Labute approximate surface area is 142 Å². The first-order valence-corrected chi connectivity index (χ1v) is 7.60. The lowest BCUT2D eigenvalue weighted by atomic mass is 10.2. The molecule has 114 valence electrons. The summed E-state index contributed by atoms with van der Waals surface area (Å²) >= 11 is 9.18. The van der Waals surface area contributed by atoms with E-state index in [2.05, 4.69) is 22.0 Å². The monoisotopic (exact) mass is 381 g/mol. The number of benzene rings is 2. The molecule has 0 unspecified atom stereocenters. The van der Waals surface area contributed by atoms with E-state index in [-0.39, 0.29) is 0 Å². The predicted octanol–water partition coefficient (Wildman–Crippen LogP) is 4.44. The summed E-state index contributed by atoms with van der Waals surface area (Å²) in [5, 5.41) is 9.60. The first-order valence-electron chi connectivity index (χ1n) is 6.43. The molecule has 0 aliphatic rings. The van der Waals surface area contributed by atoms with Crippen LogP contribution in [0, 0.1) is 11.3 Å². The molecular formula is C16H13BrClNO3. The molecule has 0 spiro atoms. The quantitative estimate of drug-likeness (QED) is 0.693. The maximum Gasteiger partial charge on any atom is 0.175 e. The van der Waals surface area contributed by atoms with Crippen molar-refractivity contribution in [3.8, 4) is 23.3 Å².